The molecule has 2 N–H and O–H groups in total. The highest BCUT2D eigenvalue weighted by Crippen LogP contribution is 2.22. The molecule has 6 nitrogen and oxygen atoms in total. The van der Waals surface area contributed by atoms with E-state index in [9.17, 15) is 21.6 Å². The summed E-state index contributed by atoms with van der Waals surface area (Å²) in [6.07, 6.45) is -3.23. The average Bonchev–Trinajstić information content (AvgIpc) is 2.75. The Morgan fingerprint density at radius 2 is 2.10 bits per heavy atom. The second-order valence-electron chi connectivity index (χ2n) is 4.63. The first-order chi connectivity index (χ1) is 9.64. The van der Waals surface area contributed by atoms with E-state index in [1.807, 2.05) is 11.6 Å². The molecule has 0 saturated heterocycles. The largest absolute Gasteiger partial charge is 0.390 e. The molecule has 0 bridgehead atoms. The highest BCUT2D eigenvalue weighted by atomic mass is 32.2. The van der Waals surface area contributed by atoms with Crippen LogP contribution in [0.3, 0.4) is 0 Å². The molecule has 1 aromatic rings. The van der Waals surface area contributed by atoms with Crippen molar-refractivity contribution < 1.29 is 21.6 Å². The van der Waals surface area contributed by atoms with Gasteiger partial charge in [0.25, 0.3) is 0 Å². The van der Waals surface area contributed by atoms with Crippen molar-refractivity contribution in [2.24, 2.45) is 0 Å². The normalized spacial score (nSPS) is 14.3. The molecule has 1 heterocycles. The van der Waals surface area contributed by atoms with Crippen molar-refractivity contribution in [3.05, 3.63) is 12.4 Å². The molecule has 0 fully saturated rings. The molecule has 1 atom stereocenters. The maximum absolute atomic E-state index is 12.2. The third-order valence-electron chi connectivity index (χ3n) is 2.58. The van der Waals surface area contributed by atoms with Crippen LogP contribution in [0.25, 0.3) is 0 Å². The number of halogens is 3. The second kappa shape index (κ2) is 7.23. The van der Waals surface area contributed by atoms with Crippen LogP contribution in [0.5, 0.6) is 0 Å². The third-order valence-corrected chi connectivity index (χ3v) is 4.13. The maximum atomic E-state index is 12.2. The fourth-order valence-electron chi connectivity index (χ4n) is 1.70. The van der Waals surface area contributed by atoms with Crippen molar-refractivity contribution >= 4 is 10.0 Å². The molecular formula is C11H19F3N4O2S. The Balaban J connectivity index is 2.66. The van der Waals surface area contributed by atoms with Crippen molar-refractivity contribution in [2.45, 2.75) is 43.9 Å². The van der Waals surface area contributed by atoms with E-state index in [1.54, 1.807) is 0 Å². The van der Waals surface area contributed by atoms with Crippen LogP contribution < -0.4 is 10.0 Å². The van der Waals surface area contributed by atoms with Gasteiger partial charge in [-0.15, -0.1) is 0 Å². The molecule has 122 valence electrons. The Morgan fingerprint density at radius 3 is 2.67 bits per heavy atom. The van der Waals surface area contributed by atoms with E-state index in [-0.39, 0.29) is 4.90 Å². The van der Waals surface area contributed by atoms with Gasteiger partial charge >= 0.3 is 6.18 Å². The Labute approximate surface area is 121 Å². The number of hydrogen-bond acceptors (Lipinski definition) is 4. The highest BCUT2D eigenvalue weighted by Gasteiger charge is 2.32. The summed E-state index contributed by atoms with van der Waals surface area (Å²) in [6, 6.07) is -1.24. The number of hydrogen-bond donors (Lipinski definition) is 2. The smallest absolute Gasteiger partial charge is 0.315 e. The van der Waals surface area contributed by atoms with Gasteiger partial charge in [0.2, 0.25) is 10.0 Å². The third kappa shape index (κ3) is 6.44. The zero-order valence-corrected chi connectivity index (χ0v) is 12.6. The molecule has 0 aliphatic carbocycles. The monoisotopic (exact) mass is 328 g/mol. The first-order valence-electron chi connectivity index (χ1n) is 6.46. The van der Waals surface area contributed by atoms with Crippen molar-refractivity contribution in [2.75, 3.05) is 13.1 Å². The molecule has 1 aromatic heterocycles. The van der Waals surface area contributed by atoms with Gasteiger partial charge in [0.1, 0.15) is 4.90 Å². The number of nitrogens with zero attached hydrogens (tertiary/aromatic N) is 2. The maximum Gasteiger partial charge on any atom is 0.390 e. The Morgan fingerprint density at radius 1 is 1.43 bits per heavy atom. The number of aromatic nitrogens is 2. The molecule has 0 amide bonds. The van der Waals surface area contributed by atoms with Crippen LogP contribution in [-0.2, 0) is 16.6 Å². The van der Waals surface area contributed by atoms with Gasteiger partial charge in [0, 0.05) is 18.8 Å². The standard InChI is InChI=1S/C11H19F3N4O2S/c1-3-15-4-5-18-8-10(7-16-18)21(19,20)17-9(2)6-11(12,13)14/h7-9,15,17H,3-6H2,1-2H3. The first kappa shape index (κ1) is 17.9. The SMILES string of the molecule is CCNCCn1cc(S(=O)(=O)NC(C)CC(F)(F)F)cn1. The molecule has 10 heteroatoms. The summed E-state index contributed by atoms with van der Waals surface area (Å²) >= 11 is 0. The summed E-state index contributed by atoms with van der Waals surface area (Å²) in [5, 5.41) is 6.92. The van der Waals surface area contributed by atoms with Gasteiger partial charge in [0.05, 0.1) is 19.2 Å². The molecule has 1 unspecified atom stereocenters. The number of sulfonamides is 1. The Bertz CT molecular complexity index is 542. The molecule has 0 saturated carbocycles. The molecule has 0 aliphatic rings. The minimum absolute atomic E-state index is 0.145. The zero-order valence-electron chi connectivity index (χ0n) is 11.8. The van der Waals surface area contributed by atoms with Crippen molar-refractivity contribution in [1.29, 1.82) is 0 Å². The van der Waals surface area contributed by atoms with Crippen molar-refractivity contribution in [3.8, 4) is 0 Å². The van der Waals surface area contributed by atoms with Crippen LogP contribution in [0, 0.1) is 0 Å². The molecule has 0 aliphatic heterocycles. The van der Waals surface area contributed by atoms with Crippen LogP contribution in [0.2, 0.25) is 0 Å². The first-order valence-corrected chi connectivity index (χ1v) is 7.94. The van der Waals surface area contributed by atoms with Gasteiger partial charge in [0.15, 0.2) is 0 Å². The van der Waals surface area contributed by atoms with E-state index in [2.05, 4.69) is 10.4 Å². The predicted molar refractivity (Wildman–Crippen MR) is 71.2 cm³/mol. The lowest BCUT2D eigenvalue weighted by molar-refractivity contribution is -0.137. The summed E-state index contributed by atoms with van der Waals surface area (Å²) in [5.41, 5.74) is 0. The number of rotatable bonds is 8. The summed E-state index contributed by atoms with van der Waals surface area (Å²) in [6.45, 7) is 4.98. The summed E-state index contributed by atoms with van der Waals surface area (Å²) in [4.78, 5) is -0.145. The number of alkyl halides is 3. The van der Waals surface area contributed by atoms with Crippen LogP contribution in [0.4, 0.5) is 13.2 Å². The molecule has 0 spiro atoms. The average molecular weight is 328 g/mol. The summed E-state index contributed by atoms with van der Waals surface area (Å²) in [7, 11) is -4.00. The van der Waals surface area contributed by atoms with Crippen LogP contribution in [0.15, 0.2) is 17.3 Å². The fourth-order valence-corrected chi connectivity index (χ4v) is 2.89. The van der Waals surface area contributed by atoms with Gasteiger partial charge in [-0.1, -0.05) is 6.92 Å². The highest BCUT2D eigenvalue weighted by molar-refractivity contribution is 7.89. The van der Waals surface area contributed by atoms with Crippen molar-refractivity contribution in [3.63, 3.8) is 0 Å². The zero-order chi connectivity index (χ0) is 16.1. The van der Waals surface area contributed by atoms with Gasteiger partial charge in [-0.3, -0.25) is 4.68 Å². The lowest BCUT2D eigenvalue weighted by atomic mass is 10.2. The molecular weight excluding hydrogens is 309 g/mol. The van der Waals surface area contributed by atoms with Gasteiger partial charge in [-0.25, -0.2) is 13.1 Å². The minimum Gasteiger partial charge on any atom is -0.315 e. The Kier molecular flexibility index (Phi) is 6.17. The second-order valence-corrected chi connectivity index (χ2v) is 6.35. The van der Waals surface area contributed by atoms with Gasteiger partial charge in [-0.05, 0) is 13.5 Å². The molecule has 0 aromatic carbocycles. The lowest BCUT2D eigenvalue weighted by Crippen LogP contribution is -2.35. The lowest BCUT2D eigenvalue weighted by Gasteiger charge is -2.15. The van der Waals surface area contributed by atoms with E-state index in [1.165, 1.54) is 17.8 Å². The van der Waals surface area contributed by atoms with E-state index in [4.69, 9.17) is 0 Å². The summed E-state index contributed by atoms with van der Waals surface area (Å²) in [5.74, 6) is 0. The molecule has 1 rings (SSSR count). The van der Waals surface area contributed by atoms with E-state index >= 15 is 0 Å². The number of likely N-dealkylation sites (N-methyl/N-ethyl adjacent to an activating group) is 1. The quantitative estimate of drug-likeness (QED) is 0.701. The van der Waals surface area contributed by atoms with Crippen LogP contribution >= 0.6 is 0 Å². The van der Waals surface area contributed by atoms with Gasteiger partial charge < -0.3 is 5.32 Å². The minimum atomic E-state index is -4.42. The number of nitrogens with one attached hydrogen (secondary N) is 2. The predicted octanol–water partition coefficient (Wildman–Crippen LogP) is 1.11. The van der Waals surface area contributed by atoms with E-state index in [0.717, 1.165) is 12.7 Å². The Hall–Kier alpha value is -1.13. The van der Waals surface area contributed by atoms with E-state index in [0.29, 0.717) is 13.1 Å². The van der Waals surface area contributed by atoms with Crippen molar-refractivity contribution in [1.82, 2.24) is 19.8 Å². The van der Waals surface area contributed by atoms with Crippen LogP contribution in [-0.4, -0.2) is 43.5 Å². The fraction of sp³-hybridized carbons (Fsp3) is 0.727. The van der Waals surface area contributed by atoms with Crippen LogP contribution in [0.1, 0.15) is 20.3 Å². The topological polar surface area (TPSA) is 76.0 Å². The molecule has 21 heavy (non-hydrogen) atoms. The van der Waals surface area contributed by atoms with Gasteiger partial charge in [-0.2, -0.15) is 18.3 Å². The van der Waals surface area contributed by atoms with E-state index < -0.39 is 28.7 Å². The molecule has 0 radical (unpaired) electrons. The summed E-state index contributed by atoms with van der Waals surface area (Å²) < 4.78 is 63.9.